The highest BCUT2D eigenvalue weighted by atomic mass is 35.5. The van der Waals surface area contributed by atoms with Gasteiger partial charge in [-0.2, -0.15) is 0 Å². The highest BCUT2D eigenvalue weighted by Crippen LogP contribution is 2.07. The molecule has 2 atom stereocenters. The Kier molecular flexibility index (Phi) is 9.41. The molecule has 1 aromatic carbocycles. The number of esters is 1. The van der Waals surface area contributed by atoms with Gasteiger partial charge in [0.2, 0.25) is 0 Å². The molecule has 0 saturated carbocycles. The van der Waals surface area contributed by atoms with E-state index in [1.165, 1.54) is 6.92 Å². The minimum atomic E-state index is -0.987. The zero-order valence-corrected chi connectivity index (χ0v) is 13.1. The van der Waals surface area contributed by atoms with Crippen LogP contribution in [-0.2, 0) is 20.7 Å². The molecule has 0 aliphatic carbocycles. The smallest absolute Gasteiger partial charge is 0.323 e. The first-order chi connectivity index (χ1) is 9.54. The summed E-state index contributed by atoms with van der Waals surface area (Å²) in [5, 5.41) is 11.7. The van der Waals surface area contributed by atoms with Gasteiger partial charge in [0.25, 0.3) is 0 Å². The number of benzene rings is 1. The molecule has 0 aromatic heterocycles. The summed E-state index contributed by atoms with van der Waals surface area (Å²) < 4.78 is 4.98. The van der Waals surface area contributed by atoms with Crippen molar-refractivity contribution in [2.45, 2.75) is 38.8 Å². The Balaban J connectivity index is 0.00000400. The largest absolute Gasteiger partial charge is 0.480 e. The van der Waals surface area contributed by atoms with Crippen LogP contribution in [0.1, 0.15) is 25.8 Å². The standard InChI is InChI=1S/C15H21NO4.ClH/c1-3-20-15(19)13(16-11(2)14(17)18)10-9-12-7-5-4-6-8-12;/h4-8,11,13,16H,3,9-10H2,1-2H3,(H,17,18);1H/t11-,13?;/m0./s1. The average Bonchev–Trinajstić information content (AvgIpc) is 2.44. The fourth-order valence-electron chi connectivity index (χ4n) is 1.84. The van der Waals surface area contributed by atoms with Gasteiger partial charge in [-0.05, 0) is 32.3 Å². The van der Waals surface area contributed by atoms with E-state index < -0.39 is 24.0 Å². The molecule has 1 aromatic rings. The number of carbonyl (C=O) groups is 2. The first-order valence-electron chi connectivity index (χ1n) is 6.74. The van der Waals surface area contributed by atoms with E-state index in [1.807, 2.05) is 30.3 Å². The van der Waals surface area contributed by atoms with Crippen LogP contribution >= 0.6 is 12.4 Å². The molecule has 0 radical (unpaired) electrons. The van der Waals surface area contributed by atoms with Gasteiger partial charge >= 0.3 is 11.9 Å². The minimum absolute atomic E-state index is 0. The molecule has 1 rings (SSSR count). The summed E-state index contributed by atoms with van der Waals surface area (Å²) in [6.07, 6.45) is 1.18. The van der Waals surface area contributed by atoms with Crippen molar-refractivity contribution in [3.63, 3.8) is 0 Å². The van der Waals surface area contributed by atoms with Gasteiger partial charge in [-0.15, -0.1) is 12.4 Å². The lowest BCUT2D eigenvalue weighted by Crippen LogP contribution is -2.46. The van der Waals surface area contributed by atoms with Crippen LogP contribution in [0.4, 0.5) is 0 Å². The van der Waals surface area contributed by atoms with Gasteiger partial charge in [0.05, 0.1) is 6.61 Å². The topological polar surface area (TPSA) is 75.6 Å². The third-order valence-electron chi connectivity index (χ3n) is 2.96. The molecule has 2 N–H and O–H groups in total. The van der Waals surface area contributed by atoms with Crippen molar-refractivity contribution < 1.29 is 19.4 Å². The molecule has 0 amide bonds. The number of hydrogen-bond donors (Lipinski definition) is 2. The van der Waals surface area contributed by atoms with Crippen LogP contribution in [0.2, 0.25) is 0 Å². The van der Waals surface area contributed by atoms with Crippen molar-refractivity contribution in [2.24, 2.45) is 0 Å². The quantitative estimate of drug-likeness (QED) is 0.718. The fraction of sp³-hybridized carbons (Fsp3) is 0.467. The van der Waals surface area contributed by atoms with Gasteiger partial charge in [-0.25, -0.2) is 0 Å². The first kappa shape index (κ1) is 19.4. The molecule has 1 unspecified atom stereocenters. The van der Waals surface area contributed by atoms with Crippen LogP contribution in [0, 0.1) is 0 Å². The van der Waals surface area contributed by atoms with Crippen LogP contribution < -0.4 is 5.32 Å². The Morgan fingerprint density at radius 1 is 1.29 bits per heavy atom. The molecular formula is C15H22ClNO4. The predicted octanol–water partition coefficient (Wildman–Crippen LogP) is 2.04. The van der Waals surface area contributed by atoms with Crippen LogP contribution in [0.5, 0.6) is 0 Å². The minimum Gasteiger partial charge on any atom is -0.480 e. The number of carboxylic acid groups (broad SMARTS) is 1. The zero-order valence-electron chi connectivity index (χ0n) is 12.2. The normalized spacial score (nSPS) is 12.9. The second kappa shape index (κ2) is 10.2. The lowest BCUT2D eigenvalue weighted by Gasteiger charge is -2.19. The van der Waals surface area contributed by atoms with Gasteiger partial charge in [0.15, 0.2) is 0 Å². The number of aliphatic carboxylic acids is 1. The molecule has 0 spiro atoms. The number of aryl methyl sites for hydroxylation is 1. The summed E-state index contributed by atoms with van der Waals surface area (Å²) in [6, 6.07) is 8.34. The Labute approximate surface area is 131 Å². The van der Waals surface area contributed by atoms with Gasteiger partial charge in [0, 0.05) is 0 Å². The number of carbonyl (C=O) groups excluding carboxylic acids is 1. The lowest BCUT2D eigenvalue weighted by atomic mass is 10.0. The maximum absolute atomic E-state index is 11.8. The Morgan fingerprint density at radius 2 is 1.90 bits per heavy atom. The summed E-state index contributed by atoms with van der Waals surface area (Å²) in [5.41, 5.74) is 1.10. The Bertz CT molecular complexity index is 439. The van der Waals surface area contributed by atoms with E-state index in [0.29, 0.717) is 12.8 Å². The SMILES string of the molecule is CCOC(=O)C(CCc1ccccc1)N[C@@H](C)C(=O)O.Cl. The van der Waals surface area contributed by atoms with E-state index in [-0.39, 0.29) is 19.0 Å². The van der Waals surface area contributed by atoms with Crippen molar-refractivity contribution in [3.05, 3.63) is 35.9 Å². The van der Waals surface area contributed by atoms with Crippen molar-refractivity contribution in [1.82, 2.24) is 5.32 Å². The number of hydrogen-bond acceptors (Lipinski definition) is 4. The van der Waals surface area contributed by atoms with Crippen molar-refractivity contribution in [2.75, 3.05) is 6.61 Å². The van der Waals surface area contributed by atoms with E-state index in [9.17, 15) is 9.59 Å². The monoisotopic (exact) mass is 315 g/mol. The van der Waals surface area contributed by atoms with E-state index in [4.69, 9.17) is 9.84 Å². The number of carboxylic acids is 1. The van der Waals surface area contributed by atoms with Gasteiger partial charge in [0.1, 0.15) is 12.1 Å². The molecule has 21 heavy (non-hydrogen) atoms. The van der Waals surface area contributed by atoms with Crippen LogP contribution in [-0.4, -0.2) is 35.7 Å². The van der Waals surface area contributed by atoms with Crippen LogP contribution in [0.3, 0.4) is 0 Å². The van der Waals surface area contributed by atoms with Crippen LogP contribution in [0.15, 0.2) is 30.3 Å². The molecule has 118 valence electrons. The van der Waals surface area contributed by atoms with E-state index in [2.05, 4.69) is 5.32 Å². The molecule has 0 aliphatic heterocycles. The molecule has 6 heteroatoms. The van der Waals surface area contributed by atoms with E-state index >= 15 is 0 Å². The number of nitrogens with one attached hydrogen (secondary N) is 1. The summed E-state index contributed by atoms with van der Waals surface area (Å²) >= 11 is 0. The van der Waals surface area contributed by atoms with Crippen molar-refractivity contribution >= 4 is 24.3 Å². The van der Waals surface area contributed by atoms with E-state index in [0.717, 1.165) is 5.56 Å². The zero-order chi connectivity index (χ0) is 15.0. The molecule has 0 heterocycles. The Hall–Kier alpha value is -1.59. The van der Waals surface area contributed by atoms with E-state index in [1.54, 1.807) is 6.92 Å². The Morgan fingerprint density at radius 3 is 2.43 bits per heavy atom. The van der Waals surface area contributed by atoms with Crippen LogP contribution in [0.25, 0.3) is 0 Å². The second-order valence-corrected chi connectivity index (χ2v) is 4.56. The molecule has 0 aliphatic rings. The first-order valence-corrected chi connectivity index (χ1v) is 6.74. The third kappa shape index (κ3) is 7.11. The summed E-state index contributed by atoms with van der Waals surface area (Å²) in [7, 11) is 0. The maximum Gasteiger partial charge on any atom is 0.323 e. The maximum atomic E-state index is 11.8. The summed E-state index contributed by atoms with van der Waals surface area (Å²) in [4.78, 5) is 22.7. The highest BCUT2D eigenvalue weighted by molar-refractivity contribution is 5.85. The molecule has 5 nitrogen and oxygen atoms in total. The molecule has 0 saturated heterocycles. The van der Waals surface area contributed by atoms with Gasteiger partial charge in [-0.3, -0.25) is 14.9 Å². The molecule has 0 bridgehead atoms. The second-order valence-electron chi connectivity index (χ2n) is 4.56. The highest BCUT2D eigenvalue weighted by Gasteiger charge is 2.24. The summed E-state index contributed by atoms with van der Waals surface area (Å²) in [5.74, 6) is -1.39. The van der Waals surface area contributed by atoms with Gasteiger partial charge in [-0.1, -0.05) is 30.3 Å². The van der Waals surface area contributed by atoms with Gasteiger partial charge < -0.3 is 9.84 Å². The fourth-order valence-corrected chi connectivity index (χ4v) is 1.84. The number of ether oxygens (including phenoxy) is 1. The lowest BCUT2D eigenvalue weighted by molar-refractivity contribution is -0.147. The molecular weight excluding hydrogens is 294 g/mol. The molecule has 0 fully saturated rings. The van der Waals surface area contributed by atoms with Crippen molar-refractivity contribution in [1.29, 1.82) is 0 Å². The predicted molar refractivity (Wildman–Crippen MR) is 82.7 cm³/mol. The van der Waals surface area contributed by atoms with Crippen molar-refractivity contribution in [3.8, 4) is 0 Å². The number of halogens is 1. The third-order valence-corrected chi connectivity index (χ3v) is 2.96. The summed E-state index contributed by atoms with van der Waals surface area (Å²) in [6.45, 7) is 3.52. The number of rotatable bonds is 8. The average molecular weight is 316 g/mol.